The van der Waals surface area contributed by atoms with E-state index in [1.54, 1.807) is 6.07 Å². The van der Waals surface area contributed by atoms with Crippen LogP contribution in [0.4, 0.5) is 19.3 Å². The van der Waals surface area contributed by atoms with Gasteiger partial charge in [-0.25, -0.2) is 4.79 Å². The zero-order valence-corrected chi connectivity index (χ0v) is 16.0. The molecule has 146 valence electrons. The minimum Gasteiger partial charge on any atom is -0.489 e. The van der Waals surface area contributed by atoms with Crippen LogP contribution in [0.15, 0.2) is 36.4 Å². The van der Waals surface area contributed by atoms with Crippen molar-refractivity contribution in [1.82, 2.24) is 0 Å². The van der Waals surface area contributed by atoms with Crippen LogP contribution in [0.2, 0.25) is 0 Å². The molecule has 0 saturated carbocycles. The molecule has 0 spiro atoms. The Morgan fingerprint density at radius 3 is 2.48 bits per heavy atom. The van der Waals surface area contributed by atoms with Crippen molar-refractivity contribution < 1.29 is 23.0 Å². The summed E-state index contributed by atoms with van der Waals surface area (Å²) in [5.41, 5.74) is 4.36. The normalized spacial score (nSPS) is 11.0. The number of ether oxygens (including phenoxy) is 2. The van der Waals surface area contributed by atoms with E-state index in [2.05, 4.69) is 23.0 Å². The van der Waals surface area contributed by atoms with E-state index < -0.39 is 12.7 Å². The maximum Gasteiger partial charge on any atom is 0.416 e. The molecule has 0 aromatic heterocycles. The molecular weight excluding hydrogens is 352 g/mol. The van der Waals surface area contributed by atoms with E-state index in [0.717, 1.165) is 23.3 Å². The van der Waals surface area contributed by atoms with E-state index in [9.17, 15) is 13.6 Å². The van der Waals surface area contributed by atoms with Crippen molar-refractivity contribution in [1.29, 1.82) is 0 Å². The Balaban J connectivity index is 2.21. The molecule has 0 aliphatic carbocycles. The largest absolute Gasteiger partial charge is 0.489 e. The monoisotopic (exact) mass is 377 g/mol. The third-order valence-electron chi connectivity index (χ3n) is 4.26. The van der Waals surface area contributed by atoms with Gasteiger partial charge in [0.25, 0.3) is 0 Å². The van der Waals surface area contributed by atoms with Crippen LogP contribution in [0.3, 0.4) is 0 Å². The molecule has 2 aromatic rings. The van der Waals surface area contributed by atoms with Gasteiger partial charge in [-0.1, -0.05) is 45.0 Å². The highest BCUT2D eigenvalue weighted by Gasteiger charge is 2.14. The number of benzene rings is 2. The van der Waals surface area contributed by atoms with Gasteiger partial charge in [0.1, 0.15) is 12.4 Å². The third kappa shape index (κ3) is 5.94. The lowest BCUT2D eigenvalue weighted by molar-refractivity contribution is -0.0766. The minimum atomic E-state index is -3.17. The number of rotatable bonds is 7. The maximum atomic E-state index is 12.2. The Kier molecular flexibility index (Phi) is 7.16. The van der Waals surface area contributed by atoms with Crippen LogP contribution in [-0.2, 0) is 17.8 Å². The Bertz CT molecular complexity index is 791. The summed E-state index contributed by atoms with van der Waals surface area (Å²) < 4.78 is 34.2. The molecule has 0 saturated heterocycles. The van der Waals surface area contributed by atoms with Crippen LogP contribution < -0.4 is 10.1 Å². The maximum absolute atomic E-state index is 12.2. The van der Waals surface area contributed by atoms with Gasteiger partial charge in [-0.05, 0) is 48.1 Å². The number of alkyl halides is 2. The van der Waals surface area contributed by atoms with Gasteiger partial charge >= 0.3 is 12.7 Å². The van der Waals surface area contributed by atoms with E-state index in [4.69, 9.17) is 4.74 Å². The van der Waals surface area contributed by atoms with E-state index in [-0.39, 0.29) is 12.5 Å². The zero-order valence-electron chi connectivity index (χ0n) is 16.0. The summed E-state index contributed by atoms with van der Waals surface area (Å²) >= 11 is 0. The summed E-state index contributed by atoms with van der Waals surface area (Å²) in [5.74, 6) is 1.01. The van der Waals surface area contributed by atoms with Gasteiger partial charge in [0.05, 0.1) is 5.69 Å². The fourth-order valence-corrected chi connectivity index (χ4v) is 2.68. The van der Waals surface area contributed by atoms with Crippen molar-refractivity contribution in [2.45, 2.75) is 53.3 Å². The minimum absolute atomic E-state index is 0.192. The molecule has 0 heterocycles. The highest BCUT2D eigenvalue weighted by atomic mass is 19.3. The van der Waals surface area contributed by atoms with Gasteiger partial charge in [0.2, 0.25) is 0 Å². The smallest absolute Gasteiger partial charge is 0.416 e. The lowest BCUT2D eigenvalue weighted by Crippen LogP contribution is -2.18. The van der Waals surface area contributed by atoms with E-state index in [1.807, 2.05) is 45.0 Å². The lowest BCUT2D eigenvalue weighted by atomic mass is 10.00. The SMILES string of the molecule is CCc1ccc(OCc2cc(C(C)C)ccc2NC(=O)OC(F)F)c(C)c1. The fourth-order valence-electron chi connectivity index (χ4n) is 2.68. The Morgan fingerprint density at radius 1 is 1.15 bits per heavy atom. The molecule has 0 aliphatic heterocycles. The summed E-state index contributed by atoms with van der Waals surface area (Å²) in [6.07, 6.45) is -0.259. The number of carbonyl (C=O) groups excluding carboxylic acids is 1. The summed E-state index contributed by atoms with van der Waals surface area (Å²) in [7, 11) is 0. The second-order valence-electron chi connectivity index (χ2n) is 6.60. The second-order valence-corrected chi connectivity index (χ2v) is 6.60. The van der Waals surface area contributed by atoms with Gasteiger partial charge in [-0.15, -0.1) is 0 Å². The van der Waals surface area contributed by atoms with Gasteiger partial charge in [-0.3, -0.25) is 5.32 Å². The predicted octanol–water partition coefficient (Wildman–Crippen LogP) is 6.03. The standard InChI is InChI=1S/C21H25F2NO3/c1-5-15-6-9-19(14(4)10-15)26-12-17-11-16(13(2)3)7-8-18(17)24-21(25)27-20(22)23/h6-11,13,20H,5,12H2,1-4H3,(H,24,25). The summed E-state index contributed by atoms with van der Waals surface area (Å²) in [6, 6.07) is 11.4. The second kappa shape index (κ2) is 9.35. The van der Waals surface area contributed by atoms with Gasteiger partial charge < -0.3 is 9.47 Å². The van der Waals surface area contributed by atoms with Crippen LogP contribution >= 0.6 is 0 Å². The molecular formula is C21H25F2NO3. The Hall–Kier alpha value is -2.63. The van der Waals surface area contributed by atoms with E-state index in [1.165, 1.54) is 5.56 Å². The van der Waals surface area contributed by atoms with Crippen molar-refractivity contribution >= 4 is 11.8 Å². The van der Waals surface area contributed by atoms with Gasteiger partial charge in [0.15, 0.2) is 0 Å². The molecule has 6 heteroatoms. The van der Waals surface area contributed by atoms with Crippen LogP contribution in [0.5, 0.6) is 5.75 Å². The molecule has 1 N–H and O–H groups in total. The topological polar surface area (TPSA) is 47.6 Å². The van der Waals surface area contributed by atoms with Crippen LogP contribution in [-0.4, -0.2) is 12.7 Å². The first kappa shape index (κ1) is 20.7. The summed E-state index contributed by atoms with van der Waals surface area (Å²) in [5, 5.41) is 2.36. The van der Waals surface area contributed by atoms with Gasteiger partial charge in [-0.2, -0.15) is 8.78 Å². The van der Waals surface area contributed by atoms with Crippen LogP contribution in [0, 0.1) is 6.92 Å². The van der Waals surface area contributed by atoms with Crippen LogP contribution in [0.25, 0.3) is 0 Å². The van der Waals surface area contributed by atoms with Crippen molar-refractivity contribution in [3.05, 3.63) is 58.7 Å². The number of aryl methyl sites for hydroxylation is 2. The van der Waals surface area contributed by atoms with Crippen molar-refractivity contribution in [3.8, 4) is 5.75 Å². The first-order valence-corrected chi connectivity index (χ1v) is 8.91. The predicted molar refractivity (Wildman–Crippen MR) is 102 cm³/mol. The number of amides is 1. The van der Waals surface area contributed by atoms with Crippen molar-refractivity contribution in [3.63, 3.8) is 0 Å². The number of hydrogen-bond donors (Lipinski definition) is 1. The molecule has 0 atom stereocenters. The third-order valence-corrected chi connectivity index (χ3v) is 4.26. The van der Waals surface area contributed by atoms with Gasteiger partial charge in [0, 0.05) is 5.56 Å². The number of nitrogens with one attached hydrogen (secondary N) is 1. The quantitative estimate of drug-likeness (QED) is 0.641. The highest BCUT2D eigenvalue weighted by Crippen LogP contribution is 2.26. The van der Waals surface area contributed by atoms with Crippen LogP contribution in [0.1, 0.15) is 48.9 Å². The average Bonchev–Trinajstić information content (AvgIpc) is 2.60. The number of halogens is 2. The molecule has 1 amide bonds. The van der Waals surface area contributed by atoms with Crippen molar-refractivity contribution in [2.24, 2.45) is 0 Å². The molecule has 0 unspecified atom stereocenters. The van der Waals surface area contributed by atoms with Crippen molar-refractivity contribution in [2.75, 3.05) is 5.32 Å². The molecule has 0 fully saturated rings. The Labute approximate surface area is 158 Å². The zero-order chi connectivity index (χ0) is 20.0. The molecule has 0 bridgehead atoms. The molecule has 27 heavy (non-hydrogen) atoms. The number of anilines is 1. The number of hydrogen-bond acceptors (Lipinski definition) is 3. The highest BCUT2D eigenvalue weighted by molar-refractivity contribution is 5.85. The first-order chi connectivity index (χ1) is 12.8. The summed E-state index contributed by atoms with van der Waals surface area (Å²) in [6.45, 7) is 5.18. The molecule has 0 aliphatic rings. The fraction of sp³-hybridized carbons (Fsp3) is 0.381. The lowest BCUT2D eigenvalue weighted by Gasteiger charge is -2.16. The van der Waals surface area contributed by atoms with E-state index >= 15 is 0 Å². The average molecular weight is 377 g/mol. The Morgan fingerprint density at radius 2 is 1.89 bits per heavy atom. The number of carbonyl (C=O) groups is 1. The first-order valence-electron chi connectivity index (χ1n) is 8.91. The molecule has 2 aromatic carbocycles. The molecule has 0 radical (unpaired) electrons. The molecule has 4 nitrogen and oxygen atoms in total. The summed E-state index contributed by atoms with van der Waals surface area (Å²) in [4.78, 5) is 11.5. The van der Waals surface area contributed by atoms with E-state index in [0.29, 0.717) is 11.3 Å². The molecule has 2 rings (SSSR count).